The first-order valence-electron chi connectivity index (χ1n) is 37.3. The van der Waals surface area contributed by atoms with Crippen LogP contribution in [0.25, 0.3) is 0 Å². The van der Waals surface area contributed by atoms with Crippen LogP contribution in [0.15, 0.2) is 0 Å². The van der Waals surface area contributed by atoms with Crippen molar-refractivity contribution >= 4 is 39.5 Å². The molecule has 0 saturated carbocycles. The lowest BCUT2D eigenvalue weighted by Crippen LogP contribution is -2.30. The van der Waals surface area contributed by atoms with E-state index >= 15 is 0 Å². The highest BCUT2D eigenvalue weighted by molar-refractivity contribution is 7.47. The Bertz CT molecular complexity index is 1800. The van der Waals surface area contributed by atoms with Crippen molar-refractivity contribution in [3.8, 4) is 0 Å². The molecule has 0 aromatic heterocycles. The number of aliphatic hydroxyl groups excluding tert-OH is 1. The van der Waals surface area contributed by atoms with Gasteiger partial charge in [-0.25, -0.2) is 9.13 Å². The summed E-state index contributed by atoms with van der Waals surface area (Å²) < 4.78 is 68.2. The summed E-state index contributed by atoms with van der Waals surface area (Å²) in [5.74, 6) is 0.834. The fraction of sp³-hybridized carbons (Fsp3) is 0.944. The van der Waals surface area contributed by atoms with E-state index in [4.69, 9.17) is 37.0 Å². The van der Waals surface area contributed by atoms with Crippen molar-refractivity contribution in [2.75, 3.05) is 39.6 Å². The van der Waals surface area contributed by atoms with Crippen molar-refractivity contribution < 1.29 is 80.2 Å². The Hall–Kier alpha value is -1.94. The summed E-state index contributed by atoms with van der Waals surface area (Å²) in [6, 6.07) is 0. The van der Waals surface area contributed by atoms with E-state index in [0.29, 0.717) is 37.5 Å². The van der Waals surface area contributed by atoms with Crippen LogP contribution in [0.5, 0.6) is 0 Å². The first-order chi connectivity index (χ1) is 43.7. The van der Waals surface area contributed by atoms with E-state index in [1.165, 1.54) is 154 Å². The van der Waals surface area contributed by atoms with Crippen LogP contribution in [0.1, 0.15) is 357 Å². The Kier molecular flexibility index (Phi) is 60.3. The lowest BCUT2D eigenvalue weighted by Gasteiger charge is -2.21. The summed E-state index contributed by atoms with van der Waals surface area (Å²) in [6.45, 7) is 14.0. The van der Waals surface area contributed by atoms with Crippen LogP contribution in [-0.2, 0) is 65.4 Å². The topological polar surface area (TPSA) is 237 Å². The molecule has 0 amide bonds. The summed E-state index contributed by atoms with van der Waals surface area (Å²) in [6.07, 6.45) is 45.0. The van der Waals surface area contributed by atoms with Gasteiger partial charge < -0.3 is 33.8 Å². The third kappa shape index (κ3) is 63.9. The molecule has 0 aliphatic rings. The van der Waals surface area contributed by atoms with Gasteiger partial charge in [-0.05, 0) is 49.4 Å². The summed E-state index contributed by atoms with van der Waals surface area (Å²) >= 11 is 0. The molecule has 0 fully saturated rings. The SMILES string of the molecule is CCC(C)CCCCCCCCCCCCCCCCCCCCC(=O)OC[C@H](COP(=O)(O)OC[C@@H](O)COP(=O)(O)OC[C@@H](COC(=O)CCCCCCCCC(C)CC)OC(=O)CCCCCCCCC(C)C)OC(=O)CCCCCCCCCC(C)C. The highest BCUT2D eigenvalue weighted by Crippen LogP contribution is 2.45. The average molecular weight is 1340 g/mol. The van der Waals surface area contributed by atoms with Crippen LogP contribution < -0.4 is 0 Å². The van der Waals surface area contributed by atoms with Gasteiger partial charge in [0.05, 0.1) is 26.4 Å². The Morgan fingerprint density at radius 2 is 0.527 bits per heavy atom. The summed E-state index contributed by atoms with van der Waals surface area (Å²) in [5.41, 5.74) is 0. The van der Waals surface area contributed by atoms with E-state index in [9.17, 15) is 43.2 Å². The molecular weight excluding hydrogens is 1200 g/mol. The van der Waals surface area contributed by atoms with Crippen molar-refractivity contribution in [2.24, 2.45) is 23.7 Å². The number of phosphoric ester groups is 2. The normalized spacial score (nSPS) is 14.8. The number of hydrogen-bond acceptors (Lipinski definition) is 15. The smallest absolute Gasteiger partial charge is 0.462 e. The Balaban J connectivity index is 5.10. The molecule has 4 unspecified atom stereocenters. The first-order valence-corrected chi connectivity index (χ1v) is 40.3. The number of carbonyl (C=O) groups excluding carboxylic acids is 4. The minimum atomic E-state index is -4.95. The highest BCUT2D eigenvalue weighted by atomic mass is 31.2. The van der Waals surface area contributed by atoms with E-state index in [1.54, 1.807) is 0 Å². The molecule has 0 aromatic carbocycles. The fourth-order valence-electron chi connectivity index (χ4n) is 10.8. The molecule has 0 heterocycles. The predicted molar refractivity (Wildman–Crippen MR) is 367 cm³/mol. The molecule has 0 spiro atoms. The molecule has 0 aliphatic carbocycles. The number of esters is 4. The van der Waals surface area contributed by atoms with Crippen LogP contribution in [0.3, 0.4) is 0 Å². The molecule has 0 radical (unpaired) electrons. The van der Waals surface area contributed by atoms with Crippen molar-refractivity contribution in [1.82, 2.24) is 0 Å². The highest BCUT2D eigenvalue weighted by Gasteiger charge is 2.30. The summed E-state index contributed by atoms with van der Waals surface area (Å²) in [5, 5.41) is 10.6. The molecule has 7 atom stereocenters. The van der Waals surface area contributed by atoms with Gasteiger partial charge in [0.15, 0.2) is 12.2 Å². The van der Waals surface area contributed by atoms with Crippen molar-refractivity contribution in [1.29, 1.82) is 0 Å². The lowest BCUT2D eigenvalue weighted by molar-refractivity contribution is -0.161. The third-order valence-electron chi connectivity index (χ3n) is 17.3. The monoisotopic (exact) mass is 1340 g/mol. The molecule has 19 heteroatoms. The second-order valence-corrected chi connectivity index (χ2v) is 30.3. The quantitative estimate of drug-likeness (QED) is 0.0222. The number of aliphatic hydroxyl groups is 1. The molecule has 17 nitrogen and oxygen atoms in total. The van der Waals surface area contributed by atoms with Gasteiger partial charge in [-0.1, -0.05) is 306 Å². The number of hydrogen-bond donors (Lipinski definition) is 3. The summed E-state index contributed by atoms with van der Waals surface area (Å²) in [7, 11) is -9.90. The average Bonchev–Trinajstić information content (AvgIpc) is 2.97. The largest absolute Gasteiger partial charge is 0.472 e. The van der Waals surface area contributed by atoms with Gasteiger partial charge in [-0.3, -0.25) is 37.3 Å². The lowest BCUT2D eigenvalue weighted by atomic mass is 9.99. The van der Waals surface area contributed by atoms with Gasteiger partial charge in [-0.2, -0.15) is 0 Å². The maximum absolute atomic E-state index is 13.0. The number of ether oxygens (including phenoxy) is 4. The first kappa shape index (κ1) is 89.1. The molecule has 540 valence electrons. The van der Waals surface area contributed by atoms with E-state index in [1.807, 2.05) is 0 Å². The van der Waals surface area contributed by atoms with Crippen LogP contribution in [0, 0.1) is 23.7 Å². The van der Waals surface area contributed by atoms with E-state index in [0.717, 1.165) is 108 Å². The number of phosphoric acid groups is 2. The Labute approximate surface area is 556 Å². The second-order valence-electron chi connectivity index (χ2n) is 27.4. The minimum absolute atomic E-state index is 0.101. The zero-order valence-corrected chi connectivity index (χ0v) is 61.3. The van der Waals surface area contributed by atoms with E-state index in [-0.39, 0.29) is 25.7 Å². The molecular formula is C72H140O17P2. The van der Waals surface area contributed by atoms with Gasteiger partial charge in [0.1, 0.15) is 19.3 Å². The van der Waals surface area contributed by atoms with Gasteiger partial charge in [0.2, 0.25) is 0 Å². The van der Waals surface area contributed by atoms with Crippen molar-refractivity contribution in [2.45, 2.75) is 375 Å². The third-order valence-corrected chi connectivity index (χ3v) is 19.2. The minimum Gasteiger partial charge on any atom is -0.462 e. The van der Waals surface area contributed by atoms with Crippen LogP contribution in [0.4, 0.5) is 0 Å². The predicted octanol–water partition coefficient (Wildman–Crippen LogP) is 20.5. The fourth-order valence-corrected chi connectivity index (χ4v) is 12.4. The van der Waals surface area contributed by atoms with E-state index < -0.39 is 97.5 Å². The molecule has 0 rings (SSSR count). The second kappa shape index (κ2) is 61.6. The number of rotatable bonds is 69. The van der Waals surface area contributed by atoms with Crippen molar-refractivity contribution in [3.63, 3.8) is 0 Å². The zero-order valence-electron chi connectivity index (χ0n) is 59.5. The standard InChI is InChI=1S/C72H140O17P2/c1-9-64(7)50-42-34-25-21-19-17-15-13-11-12-14-16-18-20-22-26-36-44-52-69(74)82-58-67(88-71(76)54-46-38-27-23-24-32-40-48-62(3)4)60-86-90(78,79)84-56-66(73)57-85-91(80,81)87-61-68(89-72(77)55-47-39-30-28-33-41-49-63(5)6)59-83-70(75)53-45-37-31-29-35-43-51-65(8)10-2/h62-68,73H,9-61H2,1-8H3,(H,78,79)(H,80,81)/t64?,65?,66-,67-,68-/m1/s1. The Morgan fingerprint density at radius 1 is 0.308 bits per heavy atom. The Morgan fingerprint density at radius 3 is 0.780 bits per heavy atom. The van der Waals surface area contributed by atoms with Crippen LogP contribution >= 0.6 is 15.6 Å². The number of unbranched alkanes of at least 4 members (excludes halogenated alkanes) is 33. The number of carbonyl (C=O) groups is 4. The maximum Gasteiger partial charge on any atom is 0.472 e. The van der Waals surface area contributed by atoms with E-state index in [2.05, 4.69) is 55.4 Å². The van der Waals surface area contributed by atoms with Gasteiger partial charge in [-0.15, -0.1) is 0 Å². The van der Waals surface area contributed by atoms with Gasteiger partial charge in [0.25, 0.3) is 0 Å². The molecule has 3 N–H and O–H groups in total. The molecule has 0 saturated heterocycles. The van der Waals surface area contributed by atoms with Crippen LogP contribution in [-0.4, -0.2) is 96.7 Å². The summed E-state index contributed by atoms with van der Waals surface area (Å²) in [4.78, 5) is 72.4. The molecule has 0 aromatic rings. The van der Waals surface area contributed by atoms with Crippen molar-refractivity contribution in [3.05, 3.63) is 0 Å². The maximum atomic E-state index is 13.0. The van der Waals surface area contributed by atoms with Gasteiger partial charge in [0, 0.05) is 25.7 Å². The molecule has 91 heavy (non-hydrogen) atoms. The zero-order chi connectivity index (χ0) is 67.5. The van der Waals surface area contributed by atoms with Crippen LogP contribution in [0.2, 0.25) is 0 Å². The van der Waals surface area contributed by atoms with Gasteiger partial charge >= 0.3 is 39.5 Å². The molecule has 0 bridgehead atoms. The molecule has 0 aliphatic heterocycles.